The fourth-order valence-corrected chi connectivity index (χ4v) is 3.78. The molecule has 3 aromatic rings. The molecule has 1 saturated carbocycles. The maximum Gasteiger partial charge on any atom is 0.227 e. The lowest BCUT2D eigenvalue weighted by Crippen LogP contribution is -2.35. The van der Waals surface area contributed by atoms with Gasteiger partial charge in [0, 0.05) is 12.5 Å². The maximum atomic E-state index is 13.0. The maximum absolute atomic E-state index is 13.0. The zero-order chi connectivity index (χ0) is 22.0. The average Bonchev–Trinajstić information content (AvgIpc) is 3.53. The number of aromatic nitrogens is 2. The quantitative estimate of drug-likeness (QED) is 0.432. The first-order valence-corrected chi connectivity index (χ1v) is 11.2. The number of nitrogens with zero attached hydrogens (tertiary/aromatic N) is 3. The number of aryl methyl sites for hydroxylation is 1. The number of para-hydroxylation sites is 2. The van der Waals surface area contributed by atoms with Crippen molar-refractivity contribution >= 4 is 17.5 Å². The van der Waals surface area contributed by atoms with Crippen molar-refractivity contribution in [1.29, 1.82) is 0 Å². The van der Waals surface area contributed by atoms with Gasteiger partial charge in [-0.1, -0.05) is 55.8 Å². The van der Waals surface area contributed by atoms with Crippen LogP contribution < -0.4 is 4.74 Å². The Hall–Kier alpha value is -2.79. The number of rotatable bonds is 8. The Balaban J connectivity index is 1.76. The molecule has 1 aliphatic carbocycles. The standard InChI is InChI=1S/C25H28ClN3O2/c1-17(2)24(30)28(15-19-13-14-19)16-21-18(3)27-29(20-9-5-4-6-10-20)25(21)31-23-12-8-7-11-22(23)26/h4-12,17,19H,13-16H2,1-3H3. The Labute approximate surface area is 188 Å². The van der Waals surface area contributed by atoms with Crippen molar-refractivity contribution in [2.75, 3.05) is 6.54 Å². The second kappa shape index (κ2) is 9.15. The van der Waals surface area contributed by atoms with E-state index < -0.39 is 0 Å². The van der Waals surface area contributed by atoms with E-state index in [2.05, 4.69) is 0 Å². The van der Waals surface area contributed by atoms with Gasteiger partial charge in [0.15, 0.2) is 0 Å². The van der Waals surface area contributed by atoms with Crippen molar-refractivity contribution in [3.05, 3.63) is 70.9 Å². The Bertz CT molecular complexity index is 1060. The third-order valence-corrected chi connectivity index (χ3v) is 5.82. The van der Waals surface area contributed by atoms with Gasteiger partial charge in [0.05, 0.1) is 28.5 Å². The molecule has 6 heteroatoms. The lowest BCUT2D eigenvalue weighted by Gasteiger charge is -2.25. The molecule has 0 radical (unpaired) electrons. The van der Waals surface area contributed by atoms with Crippen LogP contribution in [0.4, 0.5) is 0 Å². The molecule has 1 heterocycles. The molecule has 2 aromatic carbocycles. The van der Waals surface area contributed by atoms with Crippen LogP contribution in [0.5, 0.6) is 11.6 Å². The molecule has 0 atom stereocenters. The van der Waals surface area contributed by atoms with Gasteiger partial charge in [-0.25, -0.2) is 4.68 Å². The molecule has 1 fully saturated rings. The molecule has 162 valence electrons. The van der Waals surface area contributed by atoms with E-state index in [4.69, 9.17) is 21.4 Å². The predicted molar refractivity (Wildman–Crippen MR) is 123 cm³/mol. The van der Waals surface area contributed by atoms with Gasteiger partial charge in [-0.3, -0.25) is 4.79 Å². The van der Waals surface area contributed by atoms with Gasteiger partial charge in [-0.2, -0.15) is 5.10 Å². The normalized spacial score (nSPS) is 13.5. The number of halogens is 1. The van der Waals surface area contributed by atoms with E-state index in [9.17, 15) is 4.79 Å². The van der Waals surface area contributed by atoms with Crippen LogP contribution in [-0.4, -0.2) is 27.1 Å². The zero-order valence-corrected chi connectivity index (χ0v) is 19.0. The molecule has 0 unspecified atom stereocenters. The monoisotopic (exact) mass is 437 g/mol. The van der Waals surface area contributed by atoms with Crippen molar-refractivity contribution in [3.63, 3.8) is 0 Å². The van der Waals surface area contributed by atoms with Crippen LogP contribution in [0.1, 0.15) is 37.9 Å². The minimum absolute atomic E-state index is 0.0591. The molecule has 0 bridgehead atoms. The highest BCUT2D eigenvalue weighted by Gasteiger charge is 2.30. The molecular weight excluding hydrogens is 410 g/mol. The van der Waals surface area contributed by atoms with E-state index >= 15 is 0 Å². The number of amides is 1. The smallest absolute Gasteiger partial charge is 0.227 e. The van der Waals surface area contributed by atoms with Crippen molar-refractivity contribution in [3.8, 4) is 17.3 Å². The summed E-state index contributed by atoms with van der Waals surface area (Å²) in [6.45, 7) is 7.10. The van der Waals surface area contributed by atoms with Crippen LogP contribution in [-0.2, 0) is 11.3 Å². The molecule has 0 aliphatic heterocycles. The molecule has 1 aliphatic rings. The number of benzene rings is 2. The summed E-state index contributed by atoms with van der Waals surface area (Å²) >= 11 is 6.39. The van der Waals surface area contributed by atoms with Crippen molar-refractivity contribution in [2.45, 2.75) is 40.2 Å². The molecule has 5 nitrogen and oxygen atoms in total. The van der Waals surface area contributed by atoms with E-state index in [0.717, 1.165) is 23.5 Å². The Morgan fingerprint density at radius 1 is 1.16 bits per heavy atom. The van der Waals surface area contributed by atoms with Gasteiger partial charge in [-0.15, -0.1) is 0 Å². The highest BCUT2D eigenvalue weighted by molar-refractivity contribution is 6.32. The first kappa shape index (κ1) is 21.4. The fraction of sp³-hybridized carbons (Fsp3) is 0.360. The van der Waals surface area contributed by atoms with Gasteiger partial charge in [0.1, 0.15) is 5.75 Å². The van der Waals surface area contributed by atoms with Crippen molar-refractivity contribution < 1.29 is 9.53 Å². The van der Waals surface area contributed by atoms with Gasteiger partial charge in [0.25, 0.3) is 0 Å². The zero-order valence-electron chi connectivity index (χ0n) is 18.2. The SMILES string of the molecule is Cc1nn(-c2ccccc2)c(Oc2ccccc2Cl)c1CN(CC1CC1)C(=O)C(C)C. The van der Waals surface area contributed by atoms with Crippen molar-refractivity contribution in [2.24, 2.45) is 11.8 Å². The van der Waals surface area contributed by atoms with Crippen LogP contribution >= 0.6 is 11.6 Å². The molecule has 1 aromatic heterocycles. The summed E-state index contributed by atoms with van der Waals surface area (Å²) in [6.07, 6.45) is 2.38. The summed E-state index contributed by atoms with van der Waals surface area (Å²) in [4.78, 5) is 14.9. The average molecular weight is 438 g/mol. The van der Waals surface area contributed by atoms with Crippen LogP contribution in [0.3, 0.4) is 0 Å². The summed E-state index contributed by atoms with van der Waals surface area (Å²) in [5.41, 5.74) is 2.63. The first-order valence-electron chi connectivity index (χ1n) is 10.8. The first-order chi connectivity index (χ1) is 14.9. The van der Waals surface area contributed by atoms with E-state index in [-0.39, 0.29) is 11.8 Å². The van der Waals surface area contributed by atoms with Gasteiger partial charge in [0.2, 0.25) is 11.8 Å². The van der Waals surface area contributed by atoms with Crippen LogP contribution in [0.2, 0.25) is 5.02 Å². The largest absolute Gasteiger partial charge is 0.437 e. The van der Waals surface area contributed by atoms with Crippen molar-refractivity contribution in [1.82, 2.24) is 14.7 Å². The van der Waals surface area contributed by atoms with Crippen LogP contribution in [0.15, 0.2) is 54.6 Å². The Morgan fingerprint density at radius 3 is 2.48 bits per heavy atom. The molecule has 4 rings (SSSR count). The minimum atomic E-state index is -0.0591. The molecule has 31 heavy (non-hydrogen) atoms. The van der Waals surface area contributed by atoms with Gasteiger partial charge in [-0.05, 0) is 49.9 Å². The van der Waals surface area contributed by atoms with E-state index in [1.807, 2.05) is 74.2 Å². The number of ether oxygens (including phenoxy) is 1. The summed E-state index contributed by atoms with van der Waals surface area (Å²) in [5.74, 6) is 1.85. The number of carbonyl (C=O) groups excluding carboxylic acids is 1. The summed E-state index contributed by atoms with van der Waals surface area (Å²) in [6, 6.07) is 17.3. The third-order valence-electron chi connectivity index (χ3n) is 5.51. The highest BCUT2D eigenvalue weighted by atomic mass is 35.5. The highest BCUT2D eigenvalue weighted by Crippen LogP contribution is 2.36. The third kappa shape index (κ3) is 4.93. The molecule has 0 N–H and O–H groups in total. The fourth-order valence-electron chi connectivity index (χ4n) is 3.60. The van der Waals surface area contributed by atoms with Gasteiger partial charge < -0.3 is 9.64 Å². The summed E-state index contributed by atoms with van der Waals surface area (Å²) in [7, 11) is 0. The predicted octanol–water partition coefficient (Wildman–Crippen LogP) is 6.02. The van der Waals surface area contributed by atoms with E-state index in [1.54, 1.807) is 10.7 Å². The van der Waals surface area contributed by atoms with Gasteiger partial charge >= 0.3 is 0 Å². The molecule has 0 saturated heterocycles. The van der Waals surface area contributed by atoms with E-state index in [1.165, 1.54) is 12.8 Å². The molecule has 1 amide bonds. The van der Waals surface area contributed by atoms with Crippen LogP contribution in [0.25, 0.3) is 5.69 Å². The number of hydrogen-bond acceptors (Lipinski definition) is 3. The second-order valence-electron chi connectivity index (χ2n) is 8.47. The second-order valence-corrected chi connectivity index (χ2v) is 8.87. The van der Waals surface area contributed by atoms with Crippen LogP contribution in [0, 0.1) is 18.8 Å². The topological polar surface area (TPSA) is 47.4 Å². The Kier molecular flexibility index (Phi) is 6.33. The summed E-state index contributed by atoms with van der Waals surface area (Å²) in [5, 5.41) is 5.30. The Morgan fingerprint density at radius 2 is 1.84 bits per heavy atom. The number of hydrogen-bond donors (Lipinski definition) is 0. The molecule has 0 spiro atoms. The summed E-state index contributed by atoms with van der Waals surface area (Å²) < 4.78 is 8.13. The minimum Gasteiger partial charge on any atom is -0.437 e. The lowest BCUT2D eigenvalue weighted by molar-refractivity contribution is -0.135. The van der Waals surface area contributed by atoms with E-state index in [0.29, 0.717) is 29.1 Å². The molecular formula is C25H28ClN3O2. The number of carbonyl (C=O) groups is 1. The lowest BCUT2D eigenvalue weighted by atomic mass is 10.1.